The minimum atomic E-state index is -0.164. The Labute approximate surface area is 113 Å². The quantitative estimate of drug-likeness (QED) is 0.249. The summed E-state index contributed by atoms with van der Waals surface area (Å²) in [6.07, 6.45) is 4.51. The molecule has 0 bridgehead atoms. The van der Waals surface area contributed by atoms with Gasteiger partial charge in [-0.3, -0.25) is 9.79 Å². The van der Waals surface area contributed by atoms with Crippen molar-refractivity contribution in [3.8, 4) is 0 Å². The first-order chi connectivity index (χ1) is 7.22. The van der Waals surface area contributed by atoms with E-state index >= 15 is 0 Å². The van der Waals surface area contributed by atoms with Gasteiger partial charge in [0.15, 0.2) is 5.96 Å². The number of carbonyl (C=O) groups excluding carboxylic acids is 1. The number of aliphatic imine (C=N–C) groups is 1. The van der Waals surface area contributed by atoms with Crippen molar-refractivity contribution in [2.75, 3.05) is 13.7 Å². The number of nitrogens with one attached hydrogen (secondary N) is 1. The largest absolute Gasteiger partial charge is 0.469 e. The van der Waals surface area contributed by atoms with Crippen molar-refractivity contribution in [2.45, 2.75) is 38.1 Å². The Morgan fingerprint density at radius 1 is 1.50 bits per heavy atom. The lowest BCUT2D eigenvalue weighted by Gasteiger charge is -2.02. The molecule has 1 aliphatic carbocycles. The predicted octanol–water partition coefficient (Wildman–Crippen LogP) is 1.01. The molecule has 0 aromatic heterocycles. The molecule has 0 aromatic carbocycles. The number of nitrogens with zero attached hydrogens (tertiary/aromatic N) is 1. The van der Waals surface area contributed by atoms with Crippen molar-refractivity contribution < 1.29 is 9.53 Å². The Balaban J connectivity index is 0.00000225. The first-order valence-corrected chi connectivity index (χ1v) is 5.35. The summed E-state index contributed by atoms with van der Waals surface area (Å²) in [5, 5.41) is 3.10. The van der Waals surface area contributed by atoms with Crippen molar-refractivity contribution >= 4 is 35.9 Å². The maximum atomic E-state index is 10.8. The summed E-state index contributed by atoms with van der Waals surface area (Å²) >= 11 is 0. The standard InChI is InChI=1S/C10H19N3O2.HI/c1-15-9(14)4-2-3-7-12-10(11)13-8-5-6-8;/h8H,2-7H2,1H3,(H3,11,12,13);1H. The van der Waals surface area contributed by atoms with Crippen molar-refractivity contribution in [3.63, 3.8) is 0 Å². The van der Waals surface area contributed by atoms with Crippen LogP contribution in [0.5, 0.6) is 0 Å². The van der Waals surface area contributed by atoms with Gasteiger partial charge in [-0.25, -0.2) is 0 Å². The fraction of sp³-hybridized carbons (Fsp3) is 0.800. The lowest BCUT2D eigenvalue weighted by molar-refractivity contribution is -0.140. The second kappa shape index (κ2) is 8.60. The van der Waals surface area contributed by atoms with E-state index in [2.05, 4.69) is 15.0 Å². The molecule has 1 saturated carbocycles. The Morgan fingerprint density at radius 2 is 2.19 bits per heavy atom. The highest BCUT2D eigenvalue weighted by molar-refractivity contribution is 14.0. The number of hydrogen-bond acceptors (Lipinski definition) is 3. The molecule has 6 heteroatoms. The molecule has 5 nitrogen and oxygen atoms in total. The number of carbonyl (C=O) groups is 1. The van der Waals surface area contributed by atoms with Gasteiger partial charge in [-0.2, -0.15) is 0 Å². The molecule has 0 aromatic rings. The lowest BCUT2D eigenvalue weighted by Crippen LogP contribution is -2.33. The van der Waals surface area contributed by atoms with Gasteiger partial charge >= 0.3 is 5.97 Å². The smallest absolute Gasteiger partial charge is 0.305 e. The molecule has 0 spiro atoms. The van der Waals surface area contributed by atoms with Crippen LogP contribution in [0.4, 0.5) is 0 Å². The molecule has 16 heavy (non-hydrogen) atoms. The first-order valence-electron chi connectivity index (χ1n) is 5.35. The number of nitrogens with two attached hydrogens (primary N) is 1. The molecule has 0 aliphatic heterocycles. The number of guanidine groups is 1. The fourth-order valence-corrected chi connectivity index (χ4v) is 1.17. The van der Waals surface area contributed by atoms with Crippen LogP contribution in [-0.2, 0) is 9.53 Å². The van der Waals surface area contributed by atoms with E-state index in [-0.39, 0.29) is 29.9 Å². The zero-order valence-corrected chi connectivity index (χ0v) is 11.9. The third-order valence-electron chi connectivity index (χ3n) is 2.23. The van der Waals surface area contributed by atoms with Crippen molar-refractivity contribution in [1.82, 2.24) is 5.32 Å². The van der Waals surface area contributed by atoms with Gasteiger partial charge in [0, 0.05) is 19.0 Å². The Bertz CT molecular complexity index is 242. The molecule has 0 atom stereocenters. The first kappa shape index (κ1) is 15.5. The van der Waals surface area contributed by atoms with E-state index in [0.29, 0.717) is 25.0 Å². The van der Waals surface area contributed by atoms with Gasteiger partial charge in [0.05, 0.1) is 7.11 Å². The molecule has 1 fully saturated rings. The maximum Gasteiger partial charge on any atom is 0.305 e. The summed E-state index contributed by atoms with van der Waals surface area (Å²) in [5.41, 5.74) is 5.63. The van der Waals surface area contributed by atoms with Crippen LogP contribution >= 0.6 is 24.0 Å². The SMILES string of the molecule is COC(=O)CCCCN=C(N)NC1CC1.I. The third-order valence-corrected chi connectivity index (χ3v) is 2.23. The Hall–Kier alpha value is -0.530. The van der Waals surface area contributed by atoms with E-state index in [0.717, 1.165) is 12.8 Å². The average Bonchev–Trinajstić information content (AvgIpc) is 3.00. The summed E-state index contributed by atoms with van der Waals surface area (Å²) in [6.45, 7) is 0.669. The third kappa shape index (κ3) is 7.72. The maximum absolute atomic E-state index is 10.8. The van der Waals surface area contributed by atoms with Crippen molar-refractivity contribution in [1.29, 1.82) is 0 Å². The molecule has 0 amide bonds. The minimum Gasteiger partial charge on any atom is -0.469 e. The highest BCUT2D eigenvalue weighted by Gasteiger charge is 2.21. The van der Waals surface area contributed by atoms with Gasteiger partial charge in [0.25, 0.3) is 0 Å². The Morgan fingerprint density at radius 3 is 2.75 bits per heavy atom. The van der Waals surface area contributed by atoms with E-state index < -0.39 is 0 Å². The number of esters is 1. The van der Waals surface area contributed by atoms with E-state index in [1.165, 1.54) is 20.0 Å². The molecule has 3 N–H and O–H groups in total. The van der Waals surface area contributed by atoms with Crippen LogP contribution in [0, 0.1) is 0 Å². The van der Waals surface area contributed by atoms with Gasteiger partial charge in [-0.05, 0) is 25.7 Å². The summed E-state index contributed by atoms with van der Waals surface area (Å²) in [6, 6.07) is 0.545. The number of hydrogen-bond donors (Lipinski definition) is 2. The van der Waals surface area contributed by atoms with Gasteiger partial charge < -0.3 is 15.8 Å². The number of methoxy groups -OCH3 is 1. The zero-order chi connectivity index (χ0) is 11.1. The monoisotopic (exact) mass is 341 g/mol. The molecule has 94 valence electrons. The number of halogens is 1. The average molecular weight is 341 g/mol. The topological polar surface area (TPSA) is 76.7 Å². The van der Waals surface area contributed by atoms with Crippen LogP contribution < -0.4 is 11.1 Å². The number of rotatable bonds is 6. The summed E-state index contributed by atoms with van der Waals surface area (Å²) < 4.78 is 4.53. The van der Waals surface area contributed by atoms with E-state index in [4.69, 9.17) is 5.73 Å². The molecule has 0 saturated heterocycles. The van der Waals surface area contributed by atoms with Crippen LogP contribution in [0.25, 0.3) is 0 Å². The number of ether oxygens (including phenoxy) is 1. The van der Waals surface area contributed by atoms with Gasteiger partial charge in [-0.15, -0.1) is 24.0 Å². The van der Waals surface area contributed by atoms with Crippen LogP contribution in [-0.4, -0.2) is 31.6 Å². The second-order valence-corrected chi connectivity index (χ2v) is 3.72. The minimum absolute atomic E-state index is 0. The van der Waals surface area contributed by atoms with Crippen LogP contribution in [0.2, 0.25) is 0 Å². The molecular weight excluding hydrogens is 321 g/mol. The lowest BCUT2D eigenvalue weighted by atomic mass is 10.2. The second-order valence-electron chi connectivity index (χ2n) is 3.72. The molecule has 0 heterocycles. The van der Waals surface area contributed by atoms with Crippen LogP contribution in [0.1, 0.15) is 32.1 Å². The summed E-state index contributed by atoms with van der Waals surface area (Å²) in [7, 11) is 1.40. The molecule has 0 unspecified atom stereocenters. The summed E-state index contributed by atoms with van der Waals surface area (Å²) in [5.74, 6) is 0.360. The van der Waals surface area contributed by atoms with Gasteiger partial charge in [0.2, 0.25) is 0 Å². The van der Waals surface area contributed by atoms with Crippen LogP contribution in [0.3, 0.4) is 0 Å². The highest BCUT2D eigenvalue weighted by Crippen LogP contribution is 2.17. The Kier molecular flexibility index (Phi) is 8.32. The molecule has 0 radical (unpaired) electrons. The fourth-order valence-electron chi connectivity index (χ4n) is 1.17. The zero-order valence-electron chi connectivity index (χ0n) is 9.57. The number of unbranched alkanes of at least 4 members (excludes halogenated alkanes) is 1. The van der Waals surface area contributed by atoms with Crippen LogP contribution in [0.15, 0.2) is 4.99 Å². The van der Waals surface area contributed by atoms with Crippen molar-refractivity contribution in [3.05, 3.63) is 0 Å². The molecular formula is C10H20IN3O2. The highest BCUT2D eigenvalue weighted by atomic mass is 127. The molecule has 1 aliphatic rings. The van der Waals surface area contributed by atoms with E-state index in [1.54, 1.807) is 0 Å². The summed E-state index contributed by atoms with van der Waals surface area (Å²) in [4.78, 5) is 14.9. The van der Waals surface area contributed by atoms with Gasteiger partial charge in [0.1, 0.15) is 0 Å². The van der Waals surface area contributed by atoms with Crippen molar-refractivity contribution in [2.24, 2.45) is 10.7 Å². The molecule has 1 rings (SSSR count). The predicted molar refractivity (Wildman–Crippen MR) is 73.9 cm³/mol. The normalized spacial score (nSPS) is 15.2. The van der Waals surface area contributed by atoms with E-state index in [1.807, 2.05) is 0 Å². The van der Waals surface area contributed by atoms with Gasteiger partial charge in [-0.1, -0.05) is 0 Å². The van der Waals surface area contributed by atoms with E-state index in [9.17, 15) is 4.79 Å².